The lowest BCUT2D eigenvalue weighted by Crippen LogP contribution is -2.45. The molecule has 3 aliphatic heterocycles. The van der Waals surface area contributed by atoms with Gasteiger partial charge in [-0.1, -0.05) is 18.2 Å². The van der Waals surface area contributed by atoms with Gasteiger partial charge in [-0.15, -0.1) is 0 Å². The summed E-state index contributed by atoms with van der Waals surface area (Å²) >= 11 is 0. The molecule has 4 heterocycles. The van der Waals surface area contributed by atoms with E-state index >= 15 is 0 Å². The van der Waals surface area contributed by atoms with Gasteiger partial charge in [-0.2, -0.15) is 0 Å². The third-order valence-electron chi connectivity index (χ3n) is 5.53. The number of fused-ring (bicyclic) bond motifs is 2. The second-order valence-corrected chi connectivity index (χ2v) is 8.79. The minimum Gasteiger partial charge on any atom is -0.453 e. The molecular formula is C22H24O9. The molecule has 166 valence electrons. The van der Waals surface area contributed by atoms with E-state index in [1.807, 2.05) is 0 Å². The van der Waals surface area contributed by atoms with Crippen LogP contribution in [-0.4, -0.2) is 54.9 Å². The Balaban J connectivity index is 1.43. The van der Waals surface area contributed by atoms with Crippen LogP contribution in [0.25, 0.3) is 11.0 Å². The second kappa shape index (κ2) is 7.11. The van der Waals surface area contributed by atoms with Gasteiger partial charge in [-0.3, -0.25) is 0 Å². The van der Waals surface area contributed by atoms with E-state index in [0.29, 0.717) is 11.0 Å². The molecule has 1 aromatic heterocycles. The van der Waals surface area contributed by atoms with E-state index < -0.39 is 53.9 Å². The van der Waals surface area contributed by atoms with Crippen molar-refractivity contribution in [2.24, 2.45) is 0 Å². The summed E-state index contributed by atoms with van der Waals surface area (Å²) in [6, 6.07) is 8.39. The topological polar surface area (TPSA) is 103 Å². The van der Waals surface area contributed by atoms with Gasteiger partial charge in [0, 0.05) is 5.39 Å². The smallest absolute Gasteiger partial charge is 0.351 e. The van der Waals surface area contributed by atoms with E-state index in [1.54, 1.807) is 52.0 Å². The Morgan fingerprint density at radius 3 is 2.55 bits per heavy atom. The van der Waals surface area contributed by atoms with Crippen LogP contribution in [-0.2, 0) is 28.4 Å². The number of hydrogen-bond donors (Lipinski definition) is 0. The first kappa shape index (κ1) is 20.6. The third-order valence-corrected chi connectivity index (χ3v) is 5.53. The Kier molecular flexibility index (Phi) is 4.72. The predicted octanol–water partition coefficient (Wildman–Crippen LogP) is 2.35. The fourth-order valence-electron chi connectivity index (χ4n) is 4.21. The van der Waals surface area contributed by atoms with Gasteiger partial charge in [-0.25, -0.2) is 9.59 Å². The number of para-hydroxylation sites is 1. The first-order valence-corrected chi connectivity index (χ1v) is 10.2. The highest BCUT2D eigenvalue weighted by Gasteiger charge is 2.60. The summed E-state index contributed by atoms with van der Waals surface area (Å²) in [5, 5.41) is 0.613. The molecule has 1 aromatic carbocycles. The van der Waals surface area contributed by atoms with Crippen LogP contribution in [0.1, 0.15) is 38.1 Å². The molecule has 5 atom stereocenters. The van der Waals surface area contributed by atoms with Crippen LogP contribution in [0.4, 0.5) is 0 Å². The Labute approximate surface area is 178 Å². The molecule has 0 saturated carbocycles. The number of benzene rings is 1. The van der Waals surface area contributed by atoms with Crippen molar-refractivity contribution in [3.8, 4) is 0 Å². The zero-order chi connectivity index (χ0) is 22.0. The van der Waals surface area contributed by atoms with Crippen LogP contribution in [0.2, 0.25) is 0 Å². The largest absolute Gasteiger partial charge is 0.453 e. The SMILES string of the molecule is CC1(C)OCC(C2OC3OC(C)(C)OC3C2OC(=O)c2cc3ccccc3oc2=O)O1. The fourth-order valence-corrected chi connectivity index (χ4v) is 4.21. The van der Waals surface area contributed by atoms with Crippen LogP contribution >= 0.6 is 0 Å². The van der Waals surface area contributed by atoms with Gasteiger partial charge in [0.1, 0.15) is 23.4 Å². The molecule has 0 radical (unpaired) electrons. The lowest BCUT2D eigenvalue weighted by Gasteiger charge is -2.28. The second-order valence-electron chi connectivity index (χ2n) is 8.79. The molecule has 0 aliphatic carbocycles. The highest BCUT2D eigenvalue weighted by atomic mass is 16.8. The summed E-state index contributed by atoms with van der Waals surface area (Å²) < 4.78 is 40.4. The Morgan fingerprint density at radius 2 is 1.81 bits per heavy atom. The number of carbonyl (C=O) groups excluding carboxylic acids is 1. The first-order chi connectivity index (χ1) is 14.6. The minimum atomic E-state index is -0.904. The quantitative estimate of drug-likeness (QED) is 0.534. The van der Waals surface area contributed by atoms with Crippen LogP contribution in [0.5, 0.6) is 0 Å². The number of hydrogen-bond acceptors (Lipinski definition) is 9. The normalized spacial score (nSPS) is 33.5. The van der Waals surface area contributed by atoms with E-state index in [0.717, 1.165) is 0 Å². The van der Waals surface area contributed by atoms with Crippen molar-refractivity contribution in [2.75, 3.05) is 6.61 Å². The standard InChI is InChI=1S/C22H24O9/c1-21(2)25-10-14(29-21)15-16(17-20(28-15)31-22(3,4)30-17)27-19(24)12-9-11-7-5-6-8-13(11)26-18(12)23/h5-9,14-17,20H,10H2,1-4H3. The van der Waals surface area contributed by atoms with Crippen molar-refractivity contribution in [3.05, 3.63) is 46.3 Å². The molecule has 0 bridgehead atoms. The fraction of sp³-hybridized carbons (Fsp3) is 0.545. The molecule has 0 N–H and O–H groups in total. The van der Waals surface area contributed by atoms with Crippen molar-refractivity contribution in [1.82, 2.24) is 0 Å². The summed E-state index contributed by atoms with van der Waals surface area (Å²) in [4.78, 5) is 25.4. The third kappa shape index (κ3) is 3.77. The molecule has 9 nitrogen and oxygen atoms in total. The number of carbonyl (C=O) groups is 1. The molecule has 3 aliphatic rings. The highest BCUT2D eigenvalue weighted by Crippen LogP contribution is 2.42. The van der Waals surface area contributed by atoms with Crippen molar-refractivity contribution in [1.29, 1.82) is 0 Å². The van der Waals surface area contributed by atoms with E-state index in [1.165, 1.54) is 6.07 Å². The molecule has 3 fully saturated rings. The van der Waals surface area contributed by atoms with Crippen LogP contribution < -0.4 is 5.63 Å². The Morgan fingerprint density at radius 1 is 1.03 bits per heavy atom. The Hall–Kier alpha value is -2.30. The van der Waals surface area contributed by atoms with Gasteiger partial charge in [0.25, 0.3) is 0 Å². The number of esters is 1. The summed E-state index contributed by atoms with van der Waals surface area (Å²) in [7, 11) is 0. The molecule has 3 saturated heterocycles. The zero-order valence-electron chi connectivity index (χ0n) is 17.7. The van der Waals surface area contributed by atoms with Crippen molar-refractivity contribution >= 4 is 16.9 Å². The van der Waals surface area contributed by atoms with E-state index in [4.69, 9.17) is 32.8 Å². The number of ether oxygens (including phenoxy) is 6. The molecule has 0 spiro atoms. The molecular weight excluding hydrogens is 408 g/mol. The summed E-state index contributed by atoms with van der Waals surface area (Å²) in [6.45, 7) is 7.34. The Bertz CT molecular complexity index is 1070. The van der Waals surface area contributed by atoms with Crippen LogP contribution in [0, 0.1) is 0 Å². The molecule has 31 heavy (non-hydrogen) atoms. The van der Waals surface area contributed by atoms with Gasteiger partial charge in [0.05, 0.1) is 6.61 Å². The van der Waals surface area contributed by atoms with Gasteiger partial charge < -0.3 is 32.8 Å². The lowest BCUT2D eigenvalue weighted by atomic mass is 10.1. The number of rotatable bonds is 3. The molecule has 5 rings (SSSR count). The summed E-state index contributed by atoms with van der Waals surface area (Å²) in [5.74, 6) is -2.52. The maximum Gasteiger partial charge on any atom is 0.351 e. The van der Waals surface area contributed by atoms with Crippen molar-refractivity contribution in [2.45, 2.75) is 70.0 Å². The molecule has 9 heteroatoms. The summed E-state index contributed by atoms with van der Waals surface area (Å²) in [6.07, 6.45) is -3.47. The van der Waals surface area contributed by atoms with Crippen LogP contribution in [0.3, 0.4) is 0 Å². The summed E-state index contributed by atoms with van der Waals surface area (Å²) in [5.41, 5.74) is -0.594. The molecule has 5 unspecified atom stereocenters. The van der Waals surface area contributed by atoms with Gasteiger partial charge in [0.2, 0.25) is 0 Å². The first-order valence-electron chi connectivity index (χ1n) is 10.2. The zero-order valence-corrected chi connectivity index (χ0v) is 17.7. The maximum atomic E-state index is 13.0. The van der Waals surface area contributed by atoms with Gasteiger partial charge in [-0.05, 0) is 39.8 Å². The molecule has 2 aromatic rings. The highest BCUT2D eigenvalue weighted by molar-refractivity contribution is 5.92. The van der Waals surface area contributed by atoms with E-state index in [2.05, 4.69) is 0 Å². The van der Waals surface area contributed by atoms with E-state index in [-0.39, 0.29) is 12.2 Å². The van der Waals surface area contributed by atoms with Crippen molar-refractivity contribution in [3.63, 3.8) is 0 Å². The van der Waals surface area contributed by atoms with E-state index in [9.17, 15) is 9.59 Å². The van der Waals surface area contributed by atoms with Gasteiger partial charge in [0.15, 0.2) is 30.1 Å². The monoisotopic (exact) mass is 432 g/mol. The average Bonchev–Trinajstić information content (AvgIpc) is 3.31. The maximum absolute atomic E-state index is 13.0. The van der Waals surface area contributed by atoms with Crippen LogP contribution in [0.15, 0.2) is 39.5 Å². The van der Waals surface area contributed by atoms with Gasteiger partial charge >= 0.3 is 11.6 Å². The average molecular weight is 432 g/mol. The molecule has 0 amide bonds. The lowest BCUT2D eigenvalue weighted by molar-refractivity contribution is -0.232. The van der Waals surface area contributed by atoms with Crippen molar-refractivity contribution < 1.29 is 37.6 Å². The predicted molar refractivity (Wildman–Crippen MR) is 105 cm³/mol. The minimum absolute atomic E-state index is 0.206.